The van der Waals surface area contributed by atoms with Gasteiger partial charge in [0.15, 0.2) is 0 Å². The summed E-state index contributed by atoms with van der Waals surface area (Å²) in [5.74, 6) is 0.158. The molecular weight excluding hydrogens is 328 g/mol. The molecule has 2 saturated carbocycles. The summed E-state index contributed by atoms with van der Waals surface area (Å²) in [5.41, 5.74) is -1.26. The van der Waals surface area contributed by atoms with Crippen LogP contribution in [0.1, 0.15) is 87.0 Å². The molecule has 2 heterocycles. The van der Waals surface area contributed by atoms with Crippen LogP contribution < -0.4 is 0 Å². The first-order valence-electron chi connectivity index (χ1n) is 10.2. The second-order valence-corrected chi connectivity index (χ2v) is 11.6. The summed E-state index contributed by atoms with van der Waals surface area (Å²) in [7, 11) is 0. The number of ether oxygens (including phenoxy) is 2. The Morgan fingerprint density at radius 2 is 1.73 bits per heavy atom. The summed E-state index contributed by atoms with van der Waals surface area (Å²) in [6.45, 7) is 14.9. The highest BCUT2D eigenvalue weighted by Crippen LogP contribution is 2.54. The van der Waals surface area contributed by atoms with E-state index in [-0.39, 0.29) is 34.8 Å². The summed E-state index contributed by atoms with van der Waals surface area (Å²) in [4.78, 5) is 25.8. The molecule has 5 unspecified atom stereocenters. The van der Waals surface area contributed by atoms with Crippen LogP contribution in [-0.4, -0.2) is 23.6 Å². The number of hydrogen-bond donors (Lipinski definition) is 0. The minimum Gasteiger partial charge on any atom is -0.462 e. The van der Waals surface area contributed by atoms with E-state index in [4.69, 9.17) is 9.47 Å². The van der Waals surface area contributed by atoms with Crippen LogP contribution in [0.4, 0.5) is 0 Å². The van der Waals surface area contributed by atoms with Gasteiger partial charge in [-0.05, 0) is 49.4 Å². The molecule has 5 atom stereocenters. The van der Waals surface area contributed by atoms with Gasteiger partial charge >= 0.3 is 11.9 Å². The van der Waals surface area contributed by atoms with Crippen molar-refractivity contribution < 1.29 is 19.1 Å². The van der Waals surface area contributed by atoms with Gasteiger partial charge in [-0.1, -0.05) is 41.5 Å². The first-order valence-corrected chi connectivity index (χ1v) is 10.2. The minimum atomic E-state index is -0.575. The summed E-state index contributed by atoms with van der Waals surface area (Å²) in [6, 6.07) is 0. The van der Waals surface area contributed by atoms with Crippen LogP contribution in [0.25, 0.3) is 0 Å². The molecule has 4 nitrogen and oxygen atoms in total. The molecule has 0 aromatic rings. The molecule has 4 heteroatoms. The Morgan fingerprint density at radius 1 is 1.08 bits per heavy atom. The van der Waals surface area contributed by atoms with Crippen LogP contribution in [0.3, 0.4) is 0 Å². The maximum Gasteiger partial charge on any atom is 0.312 e. The molecule has 0 amide bonds. The average molecular weight is 365 g/mol. The van der Waals surface area contributed by atoms with Gasteiger partial charge < -0.3 is 9.47 Å². The molecule has 148 valence electrons. The fourth-order valence-corrected chi connectivity index (χ4v) is 5.51. The number of esters is 2. The van der Waals surface area contributed by atoms with Gasteiger partial charge in [-0.15, -0.1) is 0 Å². The highest BCUT2D eigenvalue weighted by molar-refractivity contribution is 5.78. The lowest BCUT2D eigenvalue weighted by Gasteiger charge is -2.49. The fraction of sp³-hybridized carbons (Fsp3) is 0.909. The number of rotatable bonds is 3. The van der Waals surface area contributed by atoms with E-state index in [1.165, 1.54) is 0 Å². The molecule has 0 aromatic heterocycles. The molecule has 4 fully saturated rings. The van der Waals surface area contributed by atoms with E-state index in [0.29, 0.717) is 18.8 Å². The molecule has 2 aliphatic carbocycles. The van der Waals surface area contributed by atoms with Crippen molar-refractivity contribution in [3.05, 3.63) is 0 Å². The van der Waals surface area contributed by atoms with Gasteiger partial charge in [-0.25, -0.2) is 0 Å². The van der Waals surface area contributed by atoms with Crippen LogP contribution in [0.5, 0.6) is 0 Å². The van der Waals surface area contributed by atoms with Crippen LogP contribution in [0, 0.1) is 28.1 Å². The van der Waals surface area contributed by atoms with Crippen molar-refractivity contribution in [1.29, 1.82) is 0 Å². The van der Waals surface area contributed by atoms with Crippen LogP contribution >= 0.6 is 0 Å². The maximum atomic E-state index is 13.5. The summed E-state index contributed by atoms with van der Waals surface area (Å²) < 4.78 is 12.0. The molecule has 2 aliphatic heterocycles. The van der Waals surface area contributed by atoms with Gasteiger partial charge in [-0.2, -0.15) is 0 Å². The lowest BCUT2D eigenvalue weighted by molar-refractivity contribution is -0.193. The largest absolute Gasteiger partial charge is 0.462 e. The Bertz CT molecular complexity index is 596. The van der Waals surface area contributed by atoms with Crippen molar-refractivity contribution >= 4 is 11.9 Å². The van der Waals surface area contributed by atoms with E-state index in [1.54, 1.807) is 0 Å². The smallest absolute Gasteiger partial charge is 0.312 e. The zero-order valence-corrected chi connectivity index (χ0v) is 17.6. The molecule has 26 heavy (non-hydrogen) atoms. The molecule has 4 bridgehead atoms. The lowest BCUT2D eigenvalue weighted by Crippen LogP contribution is -2.52. The molecule has 0 spiro atoms. The van der Waals surface area contributed by atoms with Crippen molar-refractivity contribution in [3.8, 4) is 0 Å². The first-order chi connectivity index (χ1) is 11.7. The molecule has 0 aromatic carbocycles. The Hall–Kier alpha value is -1.06. The van der Waals surface area contributed by atoms with Crippen molar-refractivity contribution in [1.82, 2.24) is 0 Å². The quantitative estimate of drug-likeness (QED) is 0.669. The topological polar surface area (TPSA) is 52.6 Å². The van der Waals surface area contributed by atoms with Gasteiger partial charge in [0.2, 0.25) is 0 Å². The third kappa shape index (κ3) is 3.53. The second kappa shape index (κ2) is 5.97. The highest BCUT2D eigenvalue weighted by atomic mass is 16.6. The summed E-state index contributed by atoms with van der Waals surface area (Å²) in [6.07, 6.45) is 4.72. The Balaban J connectivity index is 1.87. The first kappa shape index (κ1) is 19.7. The number of hydrogen-bond acceptors (Lipinski definition) is 4. The van der Waals surface area contributed by atoms with Crippen molar-refractivity contribution in [2.24, 2.45) is 28.1 Å². The third-order valence-electron chi connectivity index (χ3n) is 7.01. The fourth-order valence-electron chi connectivity index (χ4n) is 5.51. The molecule has 2 saturated heterocycles. The van der Waals surface area contributed by atoms with Gasteiger partial charge in [0.25, 0.3) is 0 Å². The predicted octanol–water partition coefficient (Wildman–Crippen LogP) is 4.89. The molecule has 0 radical (unpaired) electrons. The molecule has 4 rings (SSSR count). The SMILES string of the molecule is CC(C)(C)CC(C)(C(=O)OC12CC3CC(C1)OC(=O)C(C3)C2)C(C)(C)C. The van der Waals surface area contributed by atoms with Crippen LogP contribution in [0.15, 0.2) is 0 Å². The van der Waals surface area contributed by atoms with Crippen LogP contribution in [-0.2, 0) is 19.1 Å². The normalized spacial score (nSPS) is 36.3. The zero-order valence-electron chi connectivity index (χ0n) is 17.6. The Kier molecular flexibility index (Phi) is 4.52. The van der Waals surface area contributed by atoms with Crippen molar-refractivity contribution in [2.75, 3.05) is 0 Å². The molecule has 0 N–H and O–H groups in total. The lowest BCUT2D eigenvalue weighted by atomic mass is 9.61. The Labute approximate surface area is 158 Å². The zero-order chi connectivity index (χ0) is 19.5. The van der Waals surface area contributed by atoms with E-state index >= 15 is 0 Å². The van der Waals surface area contributed by atoms with Crippen molar-refractivity contribution in [3.63, 3.8) is 0 Å². The Morgan fingerprint density at radius 3 is 2.31 bits per heavy atom. The van der Waals surface area contributed by atoms with Crippen LogP contribution in [0.2, 0.25) is 0 Å². The minimum absolute atomic E-state index is 0.0263. The van der Waals surface area contributed by atoms with Crippen molar-refractivity contribution in [2.45, 2.75) is 98.7 Å². The predicted molar refractivity (Wildman–Crippen MR) is 100 cm³/mol. The highest BCUT2D eigenvalue weighted by Gasteiger charge is 2.57. The van der Waals surface area contributed by atoms with E-state index in [1.807, 2.05) is 0 Å². The molecule has 4 aliphatic rings. The number of fused-ring (bicyclic) bond motifs is 1. The summed E-state index contributed by atoms with van der Waals surface area (Å²) >= 11 is 0. The van der Waals surface area contributed by atoms with E-state index < -0.39 is 11.0 Å². The van der Waals surface area contributed by atoms with E-state index in [9.17, 15) is 9.59 Å². The van der Waals surface area contributed by atoms with E-state index in [0.717, 1.165) is 25.7 Å². The second-order valence-electron chi connectivity index (χ2n) is 11.6. The number of carbonyl (C=O) groups excluding carboxylic acids is 2. The monoisotopic (exact) mass is 364 g/mol. The standard InChI is InChI=1S/C22H36O4/c1-19(2,3)13-21(7,20(4,5)6)18(24)26-22-10-14-8-15(11-22)17(23)25-16(9-14)12-22/h14-16H,8-13H2,1-7H3. The third-order valence-corrected chi connectivity index (χ3v) is 7.01. The van der Waals surface area contributed by atoms with Gasteiger partial charge in [0.05, 0.1) is 11.3 Å². The summed E-state index contributed by atoms with van der Waals surface area (Å²) in [5, 5.41) is 0. The maximum absolute atomic E-state index is 13.5. The average Bonchev–Trinajstić information content (AvgIpc) is 2.57. The van der Waals surface area contributed by atoms with Gasteiger partial charge in [-0.3, -0.25) is 9.59 Å². The van der Waals surface area contributed by atoms with Gasteiger partial charge in [0.1, 0.15) is 11.7 Å². The number of carbonyl (C=O) groups is 2. The van der Waals surface area contributed by atoms with E-state index in [2.05, 4.69) is 48.5 Å². The van der Waals surface area contributed by atoms with Gasteiger partial charge in [0, 0.05) is 12.8 Å². The molecular formula is C22H36O4.